The molecule has 38 heavy (non-hydrogen) atoms. The molecule has 0 aromatic heterocycles. The monoisotopic (exact) mass is 560 g/mol. The van der Waals surface area contributed by atoms with Gasteiger partial charge in [0.2, 0.25) is 10.0 Å². The lowest BCUT2D eigenvalue weighted by Crippen LogP contribution is -2.32. The third-order valence-electron chi connectivity index (χ3n) is 5.37. The minimum Gasteiger partial charge on any atom is -0.495 e. The van der Waals surface area contributed by atoms with Gasteiger partial charge in [0, 0.05) is 31.1 Å². The van der Waals surface area contributed by atoms with Gasteiger partial charge in [-0.15, -0.1) is 13.2 Å². The Hall–Kier alpha value is -3.32. The van der Waals surface area contributed by atoms with Gasteiger partial charge in [-0.25, -0.2) is 17.9 Å². The lowest BCUT2D eigenvalue weighted by molar-refractivity contribution is -0.274. The van der Waals surface area contributed by atoms with Crippen LogP contribution in [0.1, 0.15) is 49.0 Å². The number of carbonyl (C=O) groups excluding carboxylic acids is 1. The first-order valence-electron chi connectivity index (χ1n) is 11.8. The van der Waals surface area contributed by atoms with Gasteiger partial charge in [0.25, 0.3) is 0 Å². The predicted octanol–water partition coefficient (Wildman–Crippen LogP) is 4.86. The highest BCUT2D eigenvalue weighted by molar-refractivity contribution is 7.89. The van der Waals surface area contributed by atoms with E-state index in [0.29, 0.717) is 12.8 Å². The van der Waals surface area contributed by atoms with Crippen molar-refractivity contribution in [1.29, 1.82) is 0 Å². The summed E-state index contributed by atoms with van der Waals surface area (Å²) in [4.78, 5) is 25.2. The van der Waals surface area contributed by atoms with E-state index in [-0.39, 0.29) is 65.3 Å². The molecule has 0 bridgehead atoms. The summed E-state index contributed by atoms with van der Waals surface area (Å²) in [5.41, 5.74) is 0.384. The summed E-state index contributed by atoms with van der Waals surface area (Å²) in [5, 5.41) is 9.49. The second-order valence-electron chi connectivity index (χ2n) is 8.70. The number of halogens is 3. The topological polar surface area (TPSA) is 122 Å². The zero-order chi connectivity index (χ0) is 28.5. The third-order valence-corrected chi connectivity index (χ3v) is 7.05. The molecule has 0 spiro atoms. The highest BCUT2D eigenvalue weighted by Gasteiger charge is 2.32. The van der Waals surface area contributed by atoms with Crippen LogP contribution in [0.2, 0.25) is 0 Å². The average molecular weight is 561 g/mol. The van der Waals surface area contributed by atoms with Crippen molar-refractivity contribution in [1.82, 2.24) is 9.62 Å². The van der Waals surface area contributed by atoms with Gasteiger partial charge < -0.3 is 19.5 Å². The lowest BCUT2D eigenvalue weighted by atomic mass is 10.0. The molecular weight excluding hydrogens is 529 g/mol. The number of benzene rings is 2. The molecule has 9 nitrogen and oxygen atoms in total. The molecule has 13 heteroatoms. The normalized spacial score (nSPS) is 11.9. The molecule has 210 valence electrons. The molecule has 0 radical (unpaired) electrons. The summed E-state index contributed by atoms with van der Waals surface area (Å²) in [7, 11) is -2.60. The number of ether oxygens (including phenoxy) is 2. The van der Waals surface area contributed by atoms with Crippen LogP contribution in [0.4, 0.5) is 18.0 Å². The molecular formula is C25H31F3N2O7S. The van der Waals surface area contributed by atoms with Crippen LogP contribution in [-0.2, 0) is 16.4 Å². The van der Waals surface area contributed by atoms with E-state index in [1.807, 2.05) is 0 Å². The average Bonchev–Trinajstić information content (AvgIpc) is 2.81. The van der Waals surface area contributed by atoms with Crippen molar-refractivity contribution in [2.75, 3.05) is 20.2 Å². The number of nitrogens with zero attached hydrogens (tertiary/aromatic N) is 1. The summed E-state index contributed by atoms with van der Waals surface area (Å²) in [6.45, 7) is 3.32. The van der Waals surface area contributed by atoms with Crippen LogP contribution in [-0.4, -0.2) is 62.9 Å². The highest BCUT2D eigenvalue weighted by atomic mass is 32.2. The summed E-state index contributed by atoms with van der Waals surface area (Å²) in [6, 6.07) is 9.24. The van der Waals surface area contributed by atoms with Crippen molar-refractivity contribution in [2.24, 2.45) is 0 Å². The zero-order valence-corrected chi connectivity index (χ0v) is 22.1. The molecule has 2 rings (SSSR count). The smallest absolute Gasteiger partial charge is 0.495 e. The number of ketones is 1. The van der Waals surface area contributed by atoms with Gasteiger partial charge >= 0.3 is 12.5 Å². The summed E-state index contributed by atoms with van der Waals surface area (Å²) < 4.78 is 74.7. The van der Waals surface area contributed by atoms with Crippen molar-refractivity contribution in [3.63, 3.8) is 0 Å². The number of para-hydroxylation sites is 1. The minimum absolute atomic E-state index is 0.00496. The van der Waals surface area contributed by atoms with E-state index in [9.17, 15) is 36.3 Å². The quantitative estimate of drug-likeness (QED) is 0.250. The Morgan fingerprint density at radius 3 is 2.34 bits per heavy atom. The van der Waals surface area contributed by atoms with Gasteiger partial charge in [0.05, 0.1) is 7.11 Å². The molecule has 0 heterocycles. The Kier molecular flexibility index (Phi) is 11.0. The largest absolute Gasteiger partial charge is 0.573 e. The Morgan fingerprint density at radius 2 is 1.74 bits per heavy atom. The fraction of sp³-hybridized carbons (Fsp3) is 0.440. The molecule has 2 aromatic carbocycles. The first kappa shape index (κ1) is 30.9. The molecule has 0 aliphatic heterocycles. The van der Waals surface area contributed by atoms with Gasteiger partial charge in [0.15, 0.2) is 5.78 Å². The van der Waals surface area contributed by atoms with E-state index in [2.05, 4.69) is 9.46 Å². The Balaban J connectivity index is 1.97. The summed E-state index contributed by atoms with van der Waals surface area (Å²) in [6.07, 6.45) is -5.43. The Bertz CT molecular complexity index is 1220. The Morgan fingerprint density at radius 1 is 1.05 bits per heavy atom. The number of sulfonamides is 1. The van der Waals surface area contributed by atoms with E-state index in [4.69, 9.17) is 4.74 Å². The van der Waals surface area contributed by atoms with E-state index in [1.54, 1.807) is 13.8 Å². The molecule has 0 aliphatic rings. The van der Waals surface area contributed by atoms with Crippen molar-refractivity contribution in [3.8, 4) is 11.5 Å². The number of carbonyl (C=O) groups is 2. The molecule has 0 aliphatic carbocycles. The predicted molar refractivity (Wildman–Crippen MR) is 133 cm³/mol. The van der Waals surface area contributed by atoms with Crippen molar-refractivity contribution < 1.29 is 45.8 Å². The number of hydrogen-bond acceptors (Lipinski definition) is 6. The van der Waals surface area contributed by atoms with Crippen molar-refractivity contribution in [2.45, 2.75) is 56.8 Å². The molecule has 0 saturated carbocycles. The fourth-order valence-corrected chi connectivity index (χ4v) is 5.11. The minimum atomic E-state index is -4.87. The van der Waals surface area contributed by atoms with Gasteiger partial charge in [-0.05, 0) is 62.9 Å². The number of Topliss-reactive ketones (excluding diaryl/α,β-unsaturated/α-hetero) is 1. The number of alkyl halides is 3. The maximum absolute atomic E-state index is 12.7. The maximum atomic E-state index is 12.7. The third kappa shape index (κ3) is 9.53. The summed E-state index contributed by atoms with van der Waals surface area (Å²) in [5.74, 6) is -0.622. The molecule has 2 aromatic rings. The van der Waals surface area contributed by atoms with E-state index >= 15 is 0 Å². The SMILES string of the molecule is COc1ccc(C(=O)CCCCN(CCc2ccccc2OC(F)(F)F)C(=O)O)cc1S(=O)(=O)NC(C)C. The number of hydrogen-bond donors (Lipinski definition) is 2. The second-order valence-corrected chi connectivity index (χ2v) is 10.4. The number of carboxylic acid groups (broad SMARTS) is 1. The molecule has 1 amide bonds. The van der Waals surface area contributed by atoms with Crippen LogP contribution >= 0.6 is 0 Å². The lowest BCUT2D eigenvalue weighted by Gasteiger charge is -2.20. The molecule has 0 saturated heterocycles. The summed E-state index contributed by atoms with van der Waals surface area (Å²) >= 11 is 0. The number of unbranched alkanes of at least 4 members (excludes halogenated alkanes) is 1. The molecule has 0 atom stereocenters. The van der Waals surface area contributed by atoms with Crippen LogP contribution in [0.5, 0.6) is 11.5 Å². The standard InChI is InChI=1S/C25H31F3N2O7S/c1-17(2)29-38(34,35)23-16-19(11-12-22(23)36-3)20(31)9-6-7-14-30(24(32)33)15-13-18-8-4-5-10-21(18)37-25(26,27)28/h4-5,8,10-12,16-17,29H,6-7,9,13-15H2,1-3H3,(H,32,33). The molecule has 2 N–H and O–H groups in total. The Labute approximate surface area is 219 Å². The van der Waals surface area contributed by atoms with Crippen molar-refractivity contribution >= 4 is 21.9 Å². The molecule has 0 unspecified atom stereocenters. The van der Waals surface area contributed by atoms with Gasteiger partial charge in [-0.2, -0.15) is 0 Å². The maximum Gasteiger partial charge on any atom is 0.573 e. The fourth-order valence-electron chi connectivity index (χ4n) is 3.66. The number of nitrogens with one attached hydrogen (secondary N) is 1. The van der Waals surface area contributed by atoms with E-state index in [0.717, 1.165) is 11.0 Å². The van der Waals surface area contributed by atoms with E-state index in [1.165, 1.54) is 43.5 Å². The van der Waals surface area contributed by atoms with Crippen molar-refractivity contribution in [3.05, 3.63) is 53.6 Å². The number of methoxy groups -OCH3 is 1. The van der Waals surface area contributed by atoms with Gasteiger partial charge in [-0.3, -0.25) is 4.79 Å². The van der Waals surface area contributed by atoms with Crippen LogP contribution in [0.25, 0.3) is 0 Å². The van der Waals surface area contributed by atoms with Crippen LogP contribution in [0, 0.1) is 0 Å². The zero-order valence-electron chi connectivity index (χ0n) is 21.2. The van der Waals surface area contributed by atoms with Gasteiger partial charge in [0.1, 0.15) is 16.4 Å². The van der Waals surface area contributed by atoms with Gasteiger partial charge in [-0.1, -0.05) is 18.2 Å². The second kappa shape index (κ2) is 13.5. The van der Waals surface area contributed by atoms with Crippen LogP contribution in [0.15, 0.2) is 47.4 Å². The number of amides is 1. The first-order chi connectivity index (χ1) is 17.7. The van der Waals surface area contributed by atoms with Crippen LogP contribution < -0.4 is 14.2 Å². The van der Waals surface area contributed by atoms with E-state index < -0.39 is 22.5 Å². The molecule has 0 fully saturated rings. The first-order valence-corrected chi connectivity index (χ1v) is 13.3. The number of rotatable bonds is 14. The van der Waals surface area contributed by atoms with Crippen LogP contribution in [0.3, 0.4) is 0 Å². The highest BCUT2D eigenvalue weighted by Crippen LogP contribution is 2.27.